The topological polar surface area (TPSA) is 35.8 Å². The highest BCUT2D eigenvalue weighted by Crippen LogP contribution is 2.10. The first-order valence-electron chi connectivity index (χ1n) is 5.16. The van der Waals surface area contributed by atoms with Crippen molar-refractivity contribution in [2.45, 2.75) is 13.0 Å². The number of benzene rings is 1. The molecule has 0 heterocycles. The first kappa shape index (κ1) is 13.0. The summed E-state index contributed by atoms with van der Waals surface area (Å²) in [6.07, 6.45) is 3.15. The molecule has 0 radical (unpaired) electrons. The fraction of sp³-hybridized carbons (Fsp3) is 0.417. The van der Waals surface area contributed by atoms with Crippen molar-refractivity contribution in [2.24, 2.45) is 0 Å². The minimum absolute atomic E-state index is 0.292. The molecule has 2 nitrogen and oxygen atoms in total. The second kappa shape index (κ2) is 7.26. The van der Waals surface area contributed by atoms with Crippen molar-refractivity contribution in [3.05, 3.63) is 35.1 Å². The van der Waals surface area contributed by atoms with Gasteiger partial charge >= 0.3 is 0 Å². The summed E-state index contributed by atoms with van der Waals surface area (Å²) < 4.78 is 13.0. The number of hydrogen-bond acceptors (Lipinski definition) is 3. The molecule has 1 rings (SSSR count). The van der Waals surface area contributed by atoms with Crippen LogP contribution in [0.1, 0.15) is 17.5 Å². The van der Waals surface area contributed by atoms with E-state index in [0.717, 1.165) is 24.3 Å². The van der Waals surface area contributed by atoms with Gasteiger partial charge < -0.3 is 5.32 Å². The molecule has 0 fully saturated rings. The van der Waals surface area contributed by atoms with Crippen LogP contribution >= 0.6 is 11.8 Å². The number of nitrogens with zero attached hydrogens (tertiary/aromatic N) is 1. The maximum absolute atomic E-state index is 13.0. The molecular weight excluding hydrogens is 223 g/mol. The smallest absolute Gasteiger partial charge is 0.123 e. The lowest BCUT2D eigenvalue weighted by Gasteiger charge is -2.06. The third-order valence-electron chi connectivity index (χ3n) is 2.21. The van der Waals surface area contributed by atoms with Crippen molar-refractivity contribution >= 4 is 11.8 Å². The molecule has 0 saturated heterocycles. The van der Waals surface area contributed by atoms with E-state index < -0.39 is 0 Å². The van der Waals surface area contributed by atoms with Gasteiger partial charge in [-0.3, -0.25) is 0 Å². The molecule has 0 spiro atoms. The van der Waals surface area contributed by atoms with Gasteiger partial charge in [0.1, 0.15) is 5.82 Å². The molecule has 0 unspecified atom stereocenters. The highest BCUT2D eigenvalue weighted by Gasteiger charge is 2.02. The molecule has 4 heteroatoms. The number of thioether (sulfide) groups is 1. The molecule has 0 aliphatic rings. The van der Waals surface area contributed by atoms with E-state index in [1.54, 1.807) is 11.8 Å². The Morgan fingerprint density at radius 2 is 2.31 bits per heavy atom. The second-order valence-electron chi connectivity index (χ2n) is 3.44. The molecule has 1 aromatic carbocycles. The van der Waals surface area contributed by atoms with Crippen molar-refractivity contribution < 1.29 is 4.39 Å². The van der Waals surface area contributed by atoms with E-state index in [1.165, 1.54) is 18.2 Å². The lowest BCUT2D eigenvalue weighted by atomic mass is 10.1. The average molecular weight is 238 g/mol. The molecule has 0 bridgehead atoms. The fourth-order valence-electron chi connectivity index (χ4n) is 1.38. The van der Waals surface area contributed by atoms with Gasteiger partial charge in [-0.05, 0) is 48.7 Å². The zero-order chi connectivity index (χ0) is 11.8. The average Bonchev–Trinajstić information content (AvgIpc) is 2.29. The minimum atomic E-state index is -0.292. The normalized spacial score (nSPS) is 10.1. The van der Waals surface area contributed by atoms with Crippen LogP contribution in [0, 0.1) is 17.1 Å². The van der Waals surface area contributed by atoms with E-state index in [-0.39, 0.29) is 5.82 Å². The van der Waals surface area contributed by atoms with Crippen LogP contribution in [-0.4, -0.2) is 18.6 Å². The third kappa shape index (κ3) is 4.21. The van der Waals surface area contributed by atoms with E-state index in [2.05, 4.69) is 17.6 Å². The summed E-state index contributed by atoms with van der Waals surface area (Å²) in [6, 6.07) is 6.32. The Kier molecular flexibility index (Phi) is 5.91. The minimum Gasteiger partial charge on any atom is -0.313 e. The Bertz CT molecular complexity index is 374. The number of halogens is 1. The molecule has 0 aliphatic heterocycles. The molecular formula is C12H15FN2S. The zero-order valence-electron chi connectivity index (χ0n) is 9.29. The van der Waals surface area contributed by atoms with Gasteiger partial charge in [0.2, 0.25) is 0 Å². The van der Waals surface area contributed by atoms with Crippen molar-refractivity contribution in [1.29, 1.82) is 5.26 Å². The quantitative estimate of drug-likeness (QED) is 0.774. The first-order valence-corrected chi connectivity index (χ1v) is 6.55. The lowest BCUT2D eigenvalue weighted by Crippen LogP contribution is -2.16. The summed E-state index contributed by atoms with van der Waals surface area (Å²) in [5, 5.41) is 12.1. The maximum Gasteiger partial charge on any atom is 0.123 e. The summed E-state index contributed by atoms with van der Waals surface area (Å²) in [4.78, 5) is 0. The molecule has 0 amide bonds. The van der Waals surface area contributed by atoms with Crippen LogP contribution < -0.4 is 5.32 Å². The van der Waals surface area contributed by atoms with Crippen LogP contribution in [0.25, 0.3) is 0 Å². The Labute approximate surface area is 99.9 Å². The van der Waals surface area contributed by atoms with E-state index in [4.69, 9.17) is 5.26 Å². The zero-order valence-corrected chi connectivity index (χ0v) is 10.1. The lowest BCUT2D eigenvalue weighted by molar-refractivity contribution is 0.619. The van der Waals surface area contributed by atoms with Gasteiger partial charge in [0.25, 0.3) is 0 Å². The van der Waals surface area contributed by atoms with Crippen LogP contribution in [-0.2, 0) is 6.54 Å². The molecule has 0 aromatic heterocycles. The Balaban J connectivity index is 2.46. The molecule has 1 aromatic rings. The highest BCUT2D eigenvalue weighted by atomic mass is 32.2. The molecule has 0 saturated carbocycles. The summed E-state index contributed by atoms with van der Waals surface area (Å²) in [7, 11) is 0. The van der Waals surface area contributed by atoms with E-state index in [0.29, 0.717) is 12.1 Å². The van der Waals surface area contributed by atoms with Gasteiger partial charge in [-0.1, -0.05) is 0 Å². The van der Waals surface area contributed by atoms with Crippen molar-refractivity contribution in [1.82, 2.24) is 5.32 Å². The Morgan fingerprint density at radius 3 is 3.00 bits per heavy atom. The van der Waals surface area contributed by atoms with E-state index in [1.807, 2.05) is 0 Å². The molecule has 1 N–H and O–H groups in total. The number of hydrogen-bond donors (Lipinski definition) is 1. The standard InChI is InChI=1S/C12H15FN2S/c1-16-6-2-5-15-9-11-7-12(13)4-3-10(11)8-14/h3-4,7,15H,2,5-6,9H2,1H3. The number of rotatable bonds is 6. The SMILES string of the molecule is CSCCCNCc1cc(F)ccc1C#N. The Morgan fingerprint density at radius 1 is 1.50 bits per heavy atom. The third-order valence-corrected chi connectivity index (χ3v) is 2.90. The van der Waals surface area contributed by atoms with Gasteiger partial charge in [0.15, 0.2) is 0 Å². The second-order valence-corrected chi connectivity index (χ2v) is 4.42. The van der Waals surface area contributed by atoms with Gasteiger partial charge in [-0.25, -0.2) is 4.39 Å². The van der Waals surface area contributed by atoms with E-state index >= 15 is 0 Å². The van der Waals surface area contributed by atoms with Gasteiger partial charge in [0.05, 0.1) is 11.6 Å². The summed E-state index contributed by atoms with van der Waals surface area (Å²) in [6.45, 7) is 1.44. The van der Waals surface area contributed by atoms with Crippen LogP contribution in [0.3, 0.4) is 0 Å². The van der Waals surface area contributed by atoms with Crippen molar-refractivity contribution in [2.75, 3.05) is 18.6 Å². The highest BCUT2D eigenvalue weighted by molar-refractivity contribution is 7.98. The molecule has 0 aliphatic carbocycles. The number of nitriles is 1. The van der Waals surface area contributed by atoms with Gasteiger partial charge in [-0.15, -0.1) is 0 Å². The van der Waals surface area contributed by atoms with Crippen molar-refractivity contribution in [3.63, 3.8) is 0 Å². The molecule has 86 valence electrons. The largest absolute Gasteiger partial charge is 0.313 e. The molecule has 16 heavy (non-hydrogen) atoms. The summed E-state index contributed by atoms with van der Waals surface area (Å²) in [5.41, 5.74) is 1.27. The van der Waals surface area contributed by atoms with Crippen LogP contribution in [0.15, 0.2) is 18.2 Å². The van der Waals surface area contributed by atoms with Crippen LogP contribution in [0.5, 0.6) is 0 Å². The van der Waals surface area contributed by atoms with Crippen LogP contribution in [0.4, 0.5) is 4.39 Å². The van der Waals surface area contributed by atoms with E-state index in [9.17, 15) is 4.39 Å². The predicted molar refractivity (Wildman–Crippen MR) is 65.8 cm³/mol. The van der Waals surface area contributed by atoms with Crippen LogP contribution in [0.2, 0.25) is 0 Å². The van der Waals surface area contributed by atoms with Gasteiger partial charge in [-0.2, -0.15) is 17.0 Å². The van der Waals surface area contributed by atoms with Crippen molar-refractivity contribution in [3.8, 4) is 6.07 Å². The predicted octanol–water partition coefficient (Wildman–Crippen LogP) is 2.54. The first-order chi connectivity index (χ1) is 7.77. The summed E-state index contributed by atoms with van der Waals surface area (Å²) >= 11 is 1.81. The monoisotopic (exact) mass is 238 g/mol. The maximum atomic E-state index is 13.0. The fourth-order valence-corrected chi connectivity index (χ4v) is 1.82. The van der Waals surface area contributed by atoms with Gasteiger partial charge in [0, 0.05) is 6.54 Å². The number of nitrogens with one attached hydrogen (secondary N) is 1. The Hall–Kier alpha value is -1.05. The molecule has 0 atom stereocenters. The summed E-state index contributed by atoms with van der Waals surface area (Å²) in [5.74, 6) is 0.821.